The third-order valence-electron chi connectivity index (χ3n) is 4.55. The predicted octanol–water partition coefficient (Wildman–Crippen LogP) is 2.83. The molecular weight excluding hydrogens is 312 g/mol. The summed E-state index contributed by atoms with van der Waals surface area (Å²) in [6.45, 7) is 6.02. The number of benzene rings is 1. The Morgan fingerprint density at radius 3 is 2.64 bits per heavy atom. The zero-order valence-corrected chi connectivity index (χ0v) is 14.6. The number of piperazine rings is 1. The van der Waals surface area contributed by atoms with Gasteiger partial charge in [-0.2, -0.15) is 0 Å². The van der Waals surface area contributed by atoms with Crippen molar-refractivity contribution in [3.63, 3.8) is 0 Å². The molecule has 0 amide bonds. The highest BCUT2D eigenvalue weighted by Crippen LogP contribution is 2.25. The largest absolute Gasteiger partial charge is 0.354 e. The molecule has 1 aromatic carbocycles. The summed E-state index contributed by atoms with van der Waals surface area (Å²) in [5.41, 5.74) is 1.91. The molecule has 3 aromatic rings. The molecule has 0 radical (unpaired) electrons. The Morgan fingerprint density at radius 2 is 1.80 bits per heavy atom. The molecule has 3 heterocycles. The molecule has 0 atom stereocenters. The number of pyridine rings is 1. The van der Waals surface area contributed by atoms with Gasteiger partial charge in [0.15, 0.2) is 0 Å². The fraction of sp³-hybridized carbons (Fsp3) is 0.316. The Labute approximate surface area is 147 Å². The molecule has 0 bridgehead atoms. The minimum atomic E-state index is 0.770. The fourth-order valence-electron chi connectivity index (χ4n) is 3.16. The number of rotatable bonds is 3. The van der Waals surface area contributed by atoms with E-state index in [0.717, 1.165) is 60.2 Å². The van der Waals surface area contributed by atoms with Crippen molar-refractivity contribution in [1.82, 2.24) is 19.9 Å². The molecule has 6 nitrogen and oxygen atoms in total. The van der Waals surface area contributed by atoms with E-state index >= 15 is 0 Å². The Morgan fingerprint density at radius 1 is 1.00 bits per heavy atom. The Kier molecular flexibility index (Phi) is 4.19. The van der Waals surface area contributed by atoms with Gasteiger partial charge >= 0.3 is 0 Å². The van der Waals surface area contributed by atoms with Gasteiger partial charge in [-0.1, -0.05) is 18.2 Å². The minimum Gasteiger partial charge on any atom is -0.354 e. The molecule has 1 saturated heterocycles. The Hall–Kier alpha value is -2.73. The van der Waals surface area contributed by atoms with Gasteiger partial charge < -0.3 is 15.1 Å². The third kappa shape index (κ3) is 3.39. The second kappa shape index (κ2) is 6.64. The van der Waals surface area contributed by atoms with Crippen molar-refractivity contribution in [2.24, 2.45) is 0 Å². The van der Waals surface area contributed by atoms with Crippen molar-refractivity contribution >= 4 is 28.2 Å². The second-order valence-corrected chi connectivity index (χ2v) is 6.45. The normalized spacial score (nSPS) is 15.5. The average molecular weight is 334 g/mol. The summed E-state index contributed by atoms with van der Waals surface area (Å²) < 4.78 is 0. The van der Waals surface area contributed by atoms with E-state index in [9.17, 15) is 0 Å². The van der Waals surface area contributed by atoms with E-state index in [1.54, 1.807) is 0 Å². The summed E-state index contributed by atoms with van der Waals surface area (Å²) in [7, 11) is 2.16. The van der Waals surface area contributed by atoms with E-state index in [2.05, 4.69) is 49.2 Å². The van der Waals surface area contributed by atoms with Crippen LogP contribution >= 0.6 is 0 Å². The fourth-order valence-corrected chi connectivity index (χ4v) is 3.16. The van der Waals surface area contributed by atoms with Gasteiger partial charge in [-0.3, -0.25) is 4.98 Å². The van der Waals surface area contributed by atoms with E-state index in [-0.39, 0.29) is 0 Å². The zero-order valence-electron chi connectivity index (χ0n) is 14.6. The van der Waals surface area contributed by atoms with E-state index in [4.69, 9.17) is 0 Å². The molecule has 0 saturated carbocycles. The van der Waals surface area contributed by atoms with Crippen LogP contribution in [0.5, 0.6) is 0 Å². The van der Waals surface area contributed by atoms with Crippen LogP contribution in [0.15, 0.2) is 42.6 Å². The van der Waals surface area contributed by atoms with Crippen LogP contribution in [0.2, 0.25) is 0 Å². The van der Waals surface area contributed by atoms with Crippen LogP contribution in [0.1, 0.15) is 5.82 Å². The van der Waals surface area contributed by atoms with E-state index in [1.165, 1.54) is 0 Å². The molecular formula is C19H22N6. The lowest BCUT2D eigenvalue weighted by molar-refractivity contribution is 0.312. The number of nitrogens with one attached hydrogen (secondary N) is 1. The molecule has 128 valence electrons. The smallest absolute Gasteiger partial charge is 0.136 e. The topological polar surface area (TPSA) is 57.2 Å². The number of hydrogen-bond acceptors (Lipinski definition) is 6. The molecule has 25 heavy (non-hydrogen) atoms. The highest BCUT2D eigenvalue weighted by atomic mass is 15.3. The monoisotopic (exact) mass is 334 g/mol. The van der Waals surface area contributed by atoms with Crippen LogP contribution < -0.4 is 10.2 Å². The molecule has 0 aliphatic carbocycles. The summed E-state index contributed by atoms with van der Waals surface area (Å²) in [6, 6.07) is 12.2. The number of nitrogens with zero attached hydrogens (tertiary/aromatic N) is 5. The molecule has 2 aromatic heterocycles. The Balaban J connectivity index is 1.64. The second-order valence-electron chi connectivity index (χ2n) is 6.45. The number of fused-ring (bicyclic) bond motifs is 1. The summed E-state index contributed by atoms with van der Waals surface area (Å²) in [5.74, 6) is 2.56. The van der Waals surface area contributed by atoms with E-state index < -0.39 is 0 Å². The number of likely N-dealkylation sites (N-methyl/N-ethyl adjacent to an activating group) is 1. The molecule has 0 spiro atoms. The van der Waals surface area contributed by atoms with Crippen LogP contribution in [0.4, 0.5) is 17.3 Å². The molecule has 6 heteroatoms. The lowest BCUT2D eigenvalue weighted by Crippen LogP contribution is -2.44. The quantitative estimate of drug-likeness (QED) is 0.795. The third-order valence-corrected chi connectivity index (χ3v) is 4.55. The van der Waals surface area contributed by atoms with Gasteiger partial charge in [0.1, 0.15) is 17.5 Å². The molecule has 1 aliphatic heterocycles. The maximum absolute atomic E-state index is 4.63. The minimum absolute atomic E-state index is 0.770. The van der Waals surface area contributed by atoms with Crippen LogP contribution in [0.25, 0.3) is 10.9 Å². The maximum atomic E-state index is 4.63. The number of hydrogen-bond donors (Lipinski definition) is 1. The highest BCUT2D eigenvalue weighted by molar-refractivity contribution is 5.91. The summed E-state index contributed by atoms with van der Waals surface area (Å²) >= 11 is 0. The first-order valence-corrected chi connectivity index (χ1v) is 8.59. The van der Waals surface area contributed by atoms with Gasteiger partial charge in [-0.05, 0) is 26.1 Å². The lowest BCUT2D eigenvalue weighted by Gasteiger charge is -2.33. The van der Waals surface area contributed by atoms with Crippen LogP contribution in [-0.2, 0) is 0 Å². The first-order chi connectivity index (χ1) is 12.2. The first kappa shape index (κ1) is 15.8. The van der Waals surface area contributed by atoms with Crippen molar-refractivity contribution < 1.29 is 0 Å². The van der Waals surface area contributed by atoms with Crippen molar-refractivity contribution in [3.8, 4) is 0 Å². The molecule has 1 N–H and O–H groups in total. The first-order valence-electron chi connectivity index (χ1n) is 8.59. The molecule has 0 unspecified atom stereocenters. The highest BCUT2D eigenvalue weighted by Gasteiger charge is 2.16. The predicted molar refractivity (Wildman–Crippen MR) is 102 cm³/mol. The van der Waals surface area contributed by atoms with E-state index in [0.29, 0.717) is 0 Å². The standard InChI is InChI=1S/C19H22N6/c1-14-21-17(13-18(22-14)25-11-9-24(2)10-12-25)23-16-7-3-5-15-6-4-8-20-19(15)16/h3-8,13H,9-12H2,1-2H3,(H,21,22,23). The van der Waals surface area contributed by atoms with Crippen LogP contribution in [0.3, 0.4) is 0 Å². The van der Waals surface area contributed by atoms with Gasteiger partial charge in [0.2, 0.25) is 0 Å². The van der Waals surface area contributed by atoms with E-state index in [1.807, 2.05) is 37.4 Å². The number of anilines is 3. The number of aromatic nitrogens is 3. The van der Waals surface area contributed by atoms with Gasteiger partial charge in [0.05, 0.1) is 11.2 Å². The summed E-state index contributed by atoms with van der Waals surface area (Å²) in [6.07, 6.45) is 1.81. The van der Waals surface area contributed by atoms with Gasteiger partial charge in [-0.25, -0.2) is 9.97 Å². The molecule has 1 aliphatic rings. The van der Waals surface area contributed by atoms with Gasteiger partial charge in [0, 0.05) is 43.8 Å². The van der Waals surface area contributed by atoms with Crippen molar-refractivity contribution in [2.75, 3.05) is 43.4 Å². The van der Waals surface area contributed by atoms with Crippen molar-refractivity contribution in [2.45, 2.75) is 6.92 Å². The molecule has 4 rings (SSSR count). The lowest BCUT2D eigenvalue weighted by atomic mass is 10.2. The molecule has 1 fully saturated rings. The van der Waals surface area contributed by atoms with Crippen LogP contribution in [0, 0.1) is 6.92 Å². The van der Waals surface area contributed by atoms with Crippen LogP contribution in [-0.4, -0.2) is 53.1 Å². The Bertz CT molecular complexity index is 881. The van der Waals surface area contributed by atoms with Crippen molar-refractivity contribution in [3.05, 3.63) is 48.4 Å². The number of aryl methyl sites for hydroxylation is 1. The number of para-hydroxylation sites is 1. The summed E-state index contributed by atoms with van der Waals surface area (Å²) in [4.78, 5) is 18.3. The zero-order chi connectivity index (χ0) is 17.2. The average Bonchev–Trinajstić information content (AvgIpc) is 2.62. The van der Waals surface area contributed by atoms with Crippen molar-refractivity contribution in [1.29, 1.82) is 0 Å². The van der Waals surface area contributed by atoms with Gasteiger partial charge in [-0.15, -0.1) is 0 Å². The SMILES string of the molecule is Cc1nc(Nc2cccc3cccnc23)cc(N2CCN(C)CC2)n1. The maximum Gasteiger partial charge on any atom is 0.136 e. The van der Waals surface area contributed by atoms with Gasteiger partial charge in [0.25, 0.3) is 0 Å². The summed E-state index contributed by atoms with van der Waals surface area (Å²) in [5, 5.41) is 4.53.